The largest absolute Gasteiger partial charge is 0.462 e. The minimum Gasteiger partial charge on any atom is -0.462 e. The van der Waals surface area contributed by atoms with E-state index in [1.165, 1.54) is 51.4 Å². The molecule has 0 saturated heterocycles. The molecular formula is C65H104O6. The summed E-state index contributed by atoms with van der Waals surface area (Å²) in [6, 6.07) is 0. The maximum atomic E-state index is 12.9. The highest BCUT2D eigenvalue weighted by Crippen LogP contribution is 2.12. The Hall–Kier alpha value is -4.45. The maximum absolute atomic E-state index is 12.9. The lowest BCUT2D eigenvalue weighted by Gasteiger charge is -2.18. The van der Waals surface area contributed by atoms with Crippen molar-refractivity contribution >= 4 is 17.9 Å². The van der Waals surface area contributed by atoms with Crippen LogP contribution >= 0.6 is 0 Å². The summed E-state index contributed by atoms with van der Waals surface area (Å²) in [7, 11) is 0. The SMILES string of the molecule is CC/C=C\C/C=C\C/C=C\C/C=C\CCCCCCC(=O)OC[C@H](COC(=O)CCCCC/C=C\C/C=C\C/C=C\C/C=C\CCCCC)OC(=O)CCCCCC/C=C\C/C=C\C/C=C\CCCCC. The Labute approximate surface area is 436 Å². The van der Waals surface area contributed by atoms with Gasteiger partial charge in [-0.05, 0) is 141 Å². The van der Waals surface area contributed by atoms with E-state index in [0.717, 1.165) is 148 Å². The molecule has 6 nitrogen and oxygen atoms in total. The molecule has 0 aromatic carbocycles. The normalized spacial score (nSPS) is 13.1. The molecule has 0 heterocycles. The van der Waals surface area contributed by atoms with Gasteiger partial charge in [-0.2, -0.15) is 0 Å². The van der Waals surface area contributed by atoms with Crippen LogP contribution in [0.15, 0.2) is 134 Å². The van der Waals surface area contributed by atoms with E-state index in [9.17, 15) is 14.4 Å². The van der Waals surface area contributed by atoms with E-state index in [0.29, 0.717) is 12.8 Å². The predicted octanol–water partition coefficient (Wildman–Crippen LogP) is 19.4. The third-order valence-electron chi connectivity index (χ3n) is 11.6. The number of rotatable bonds is 50. The number of carbonyl (C=O) groups excluding carboxylic acids is 3. The summed E-state index contributed by atoms with van der Waals surface area (Å²) in [5.74, 6) is -0.994. The quantitative estimate of drug-likeness (QED) is 0.0262. The number of carbonyl (C=O) groups is 3. The Bertz CT molecular complexity index is 1550. The van der Waals surface area contributed by atoms with Crippen molar-refractivity contribution in [2.45, 2.75) is 245 Å². The Kier molecular flexibility index (Phi) is 54.5. The minimum absolute atomic E-state index is 0.115. The van der Waals surface area contributed by atoms with Crippen LogP contribution in [-0.2, 0) is 28.6 Å². The summed E-state index contributed by atoms with van der Waals surface area (Å²) in [6.45, 7) is 6.39. The zero-order chi connectivity index (χ0) is 51.4. The molecule has 0 saturated carbocycles. The fourth-order valence-electron chi connectivity index (χ4n) is 7.30. The lowest BCUT2D eigenvalue weighted by atomic mass is 10.1. The van der Waals surface area contributed by atoms with Gasteiger partial charge in [0.05, 0.1) is 0 Å². The number of esters is 3. The van der Waals surface area contributed by atoms with Crippen molar-refractivity contribution in [3.05, 3.63) is 134 Å². The zero-order valence-corrected chi connectivity index (χ0v) is 45.7. The van der Waals surface area contributed by atoms with Crippen LogP contribution in [0.25, 0.3) is 0 Å². The second-order valence-electron chi connectivity index (χ2n) is 18.5. The number of hydrogen-bond acceptors (Lipinski definition) is 6. The smallest absolute Gasteiger partial charge is 0.306 e. The first kappa shape index (κ1) is 66.6. The van der Waals surface area contributed by atoms with Gasteiger partial charge in [-0.25, -0.2) is 0 Å². The Morgan fingerprint density at radius 2 is 0.549 bits per heavy atom. The maximum Gasteiger partial charge on any atom is 0.306 e. The lowest BCUT2D eigenvalue weighted by Crippen LogP contribution is -2.30. The van der Waals surface area contributed by atoms with Crippen molar-refractivity contribution in [2.24, 2.45) is 0 Å². The van der Waals surface area contributed by atoms with Gasteiger partial charge in [0.25, 0.3) is 0 Å². The summed E-state index contributed by atoms with van der Waals surface area (Å²) >= 11 is 0. The van der Waals surface area contributed by atoms with Crippen molar-refractivity contribution < 1.29 is 28.6 Å². The second-order valence-corrected chi connectivity index (χ2v) is 18.5. The molecule has 0 aliphatic heterocycles. The molecule has 0 radical (unpaired) electrons. The first-order valence-corrected chi connectivity index (χ1v) is 28.7. The molecule has 1 atom stereocenters. The van der Waals surface area contributed by atoms with E-state index in [-0.39, 0.29) is 37.5 Å². The van der Waals surface area contributed by atoms with Gasteiger partial charge in [0.1, 0.15) is 13.2 Å². The van der Waals surface area contributed by atoms with Crippen LogP contribution in [0.5, 0.6) is 0 Å². The fraction of sp³-hybridized carbons (Fsp3) is 0.615. The summed E-state index contributed by atoms with van der Waals surface area (Å²) in [5.41, 5.74) is 0. The lowest BCUT2D eigenvalue weighted by molar-refractivity contribution is -0.167. The Morgan fingerprint density at radius 1 is 0.296 bits per heavy atom. The summed E-state index contributed by atoms with van der Waals surface area (Å²) in [5, 5.41) is 0. The van der Waals surface area contributed by atoms with Gasteiger partial charge in [0.2, 0.25) is 0 Å². The number of hydrogen-bond donors (Lipinski definition) is 0. The Balaban J connectivity index is 4.56. The van der Waals surface area contributed by atoms with Gasteiger partial charge in [-0.15, -0.1) is 0 Å². The summed E-state index contributed by atoms with van der Waals surface area (Å²) in [4.78, 5) is 38.2. The molecule has 0 fully saturated rings. The van der Waals surface area contributed by atoms with E-state index in [1.807, 2.05) is 0 Å². The van der Waals surface area contributed by atoms with Gasteiger partial charge in [0, 0.05) is 19.3 Å². The predicted molar refractivity (Wildman–Crippen MR) is 306 cm³/mol. The van der Waals surface area contributed by atoms with Crippen molar-refractivity contribution in [1.29, 1.82) is 0 Å². The standard InChI is InChI=1S/C65H104O6/c1-4-7-10-13-16-19-22-25-28-31-32-35-37-40-43-46-49-52-55-58-64(67)70-61-62(71-65(68)59-56-53-50-47-44-41-38-34-30-27-24-21-18-15-12-9-6-3)60-69-63(66)57-54-51-48-45-42-39-36-33-29-26-23-20-17-14-11-8-5-2/h8,11,16-21,25-30,32,35-36,38-41,43,62H,4-7,9-10,12-15,22-24,31,33-34,37,42,44-61H2,1-3H3/b11-8-,19-16-,20-17-,21-18-,28-25-,29-26-,30-27-,35-32-,39-36-,41-38-,43-40-/t62-/m1/s1. The second kappa shape index (κ2) is 58.1. The van der Waals surface area contributed by atoms with Crippen LogP contribution in [-0.4, -0.2) is 37.2 Å². The molecule has 71 heavy (non-hydrogen) atoms. The third-order valence-corrected chi connectivity index (χ3v) is 11.6. The highest BCUT2D eigenvalue weighted by atomic mass is 16.6. The van der Waals surface area contributed by atoms with Crippen LogP contribution in [0.4, 0.5) is 0 Å². The molecule has 0 aromatic heterocycles. The van der Waals surface area contributed by atoms with Crippen LogP contribution in [0.2, 0.25) is 0 Å². The zero-order valence-electron chi connectivity index (χ0n) is 45.7. The van der Waals surface area contributed by atoms with Crippen molar-refractivity contribution in [2.75, 3.05) is 13.2 Å². The summed E-state index contributed by atoms with van der Waals surface area (Å²) in [6.07, 6.45) is 81.4. The van der Waals surface area contributed by atoms with E-state index in [1.54, 1.807) is 0 Å². The van der Waals surface area contributed by atoms with Crippen molar-refractivity contribution in [3.8, 4) is 0 Å². The van der Waals surface area contributed by atoms with Gasteiger partial charge in [-0.1, -0.05) is 212 Å². The molecule has 0 aliphatic rings. The van der Waals surface area contributed by atoms with Crippen molar-refractivity contribution in [1.82, 2.24) is 0 Å². The first-order chi connectivity index (χ1) is 35.0. The fourth-order valence-corrected chi connectivity index (χ4v) is 7.30. The van der Waals surface area contributed by atoms with Gasteiger partial charge >= 0.3 is 17.9 Å². The molecule has 0 aliphatic carbocycles. The highest BCUT2D eigenvalue weighted by Gasteiger charge is 2.19. The molecule has 0 spiro atoms. The molecule has 400 valence electrons. The molecule has 0 unspecified atom stereocenters. The number of allylic oxidation sites excluding steroid dienone is 22. The van der Waals surface area contributed by atoms with Crippen LogP contribution in [0, 0.1) is 0 Å². The Morgan fingerprint density at radius 3 is 0.859 bits per heavy atom. The topological polar surface area (TPSA) is 78.9 Å². The van der Waals surface area contributed by atoms with Crippen LogP contribution < -0.4 is 0 Å². The van der Waals surface area contributed by atoms with Crippen LogP contribution in [0.3, 0.4) is 0 Å². The van der Waals surface area contributed by atoms with E-state index in [2.05, 4.69) is 154 Å². The highest BCUT2D eigenvalue weighted by molar-refractivity contribution is 5.71. The molecular weight excluding hydrogens is 877 g/mol. The molecule has 0 amide bonds. The van der Waals surface area contributed by atoms with E-state index >= 15 is 0 Å². The van der Waals surface area contributed by atoms with E-state index in [4.69, 9.17) is 14.2 Å². The molecule has 0 aromatic rings. The van der Waals surface area contributed by atoms with Gasteiger partial charge in [0.15, 0.2) is 6.10 Å². The molecule has 6 heteroatoms. The summed E-state index contributed by atoms with van der Waals surface area (Å²) < 4.78 is 16.8. The third kappa shape index (κ3) is 56.3. The van der Waals surface area contributed by atoms with Gasteiger partial charge < -0.3 is 14.2 Å². The first-order valence-electron chi connectivity index (χ1n) is 28.7. The molecule has 0 N–H and O–H groups in total. The molecule has 0 rings (SSSR count). The number of unbranched alkanes of at least 4 members (excludes halogenated alkanes) is 17. The number of ether oxygens (including phenoxy) is 3. The van der Waals surface area contributed by atoms with E-state index < -0.39 is 6.10 Å². The van der Waals surface area contributed by atoms with Crippen molar-refractivity contribution in [3.63, 3.8) is 0 Å². The average molecular weight is 982 g/mol. The van der Waals surface area contributed by atoms with Crippen LogP contribution in [0.1, 0.15) is 239 Å². The molecule has 0 bridgehead atoms. The minimum atomic E-state index is -0.819. The average Bonchev–Trinajstić information content (AvgIpc) is 3.37. The monoisotopic (exact) mass is 981 g/mol. The van der Waals surface area contributed by atoms with Gasteiger partial charge in [-0.3, -0.25) is 14.4 Å².